The number of nitrogens with two attached hydrogens (primary N) is 1. The van der Waals surface area contributed by atoms with Gasteiger partial charge in [0.05, 0.1) is 10.9 Å². The third-order valence-corrected chi connectivity index (χ3v) is 3.80. The highest BCUT2D eigenvalue weighted by Gasteiger charge is 2.22. The van der Waals surface area contributed by atoms with E-state index in [1.54, 1.807) is 6.92 Å². The van der Waals surface area contributed by atoms with Crippen LogP contribution in [-0.2, 0) is 14.8 Å². The lowest BCUT2D eigenvalue weighted by Crippen LogP contribution is -2.44. The molecule has 0 radical (unpaired) electrons. The van der Waals surface area contributed by atoms with E-state index in [0.29, 0.717) is 6.54 Å². The number of nitrogen functional groups attached to an aromatic ring is 1. The van der Waals surface area contributed by atoms with Crippen LogP contribution in [0.5, 0.6) is 0 Å². The molecular formula is C11H16FN3O3S. The molecule has 6 nitrogen and oxygen atoms in total. The van der Waals surface area contributed by atoms with E-state index in [0.717, 1.165) is 18.2 Å². The molecule has 106 valence electrons. The van der Waals surface area contributed by atoms with Gasteiger partial charge in [0.1, 0.15) is 5.82 Å². The number of carbonyl (C=O) groups excluding carboxylic acids is 1. The summed E-state index contributed by atoms with van der Waals surface area (Å²) in [6.45, 7) is 3.50. The fourth-order valence-electron chi connectivity index (χ4n) is 1.42. The minimum atomic E-state index is -4.00. The van der Waals surface area contributed by atoms with Crippen molar-refractivity contribution < 1.29 is 17.6 Å². The summed E-state index contributed by atoms with van der Waals surface area (Å²) < 4.78 is 39.2. The molecule has 4 N–H and O–H groups in total. The number of hydrogen-bond acceptors (Lipinski definition) is 4. The fourth-order valence-corrected chi connectivity index (χ4v) is 2.69. The number of carbonyl (C=O) groups is 1. The van der Waals surface area contributed by atoms with E-state index >= 15 is 0 Å². The molecule has 1 aromatic rings. The molecule has 0 aromatic heterocycles. The summed E-state index contributed by atoms with van der Waals surface area (Å²) in [5.41, 5.74) is 5.37. The first-order valence-corrected chi connectivity index (χ1v) is 7.10. The quantitative estimate of drug-likeness (QED) is 0.674. The second kappa shape index (κ2) is 5.98. The van der Waals surface area contributed by atoms with Crippen LogP contribution in [-0.4, -0.2) is 26.9 Å². The largest absolute Gasteiger partial charge is 0.399 e. The molecule has 0 aliphatic carbocycles. The molecule has 1 atom stereocenters. The topological polar surface area (TPSA) is 101 Å². The van der Waals surface area contributed by atoms with Gasteiger partial charge in [-0.3, -0.25) is 4.79 Å². The average Bonchev–Trinajstić information content (AvgIpc) is 2.27. The maximum absolute atomic E-state index is 13.1. The smallest absolute Gasteiger partial charge is 0.241 e. The SMILES string of the molecule is CCNC(=O)C(C)NS(=O)(=O)c1cc(N)cc(F)c1. The molecule has 0 saturated heterocycles. The van der Waals surface area contributed by atoms with Crippen LogP contribution in [0.3, 0.4) is 0 Å². The molecule has 1 aromatic carbocycles. The van der Waals surface area contributed by atoms with Gasteiger partial charge >= 0.3 is 0 Å². The van der Waals surface area contributed by atoms with Crippen LogP contribution in [0.25, 0.3) is 0 Å². The number of nitrogens with one attached hydrogen (secondary N) is 2. The third-order valence-electron chi connectivity index (χ3n) is 2.28. The summed E-state index contributed by atoms with van der Waals surface area (Å²) in [5, 5.41) is 2.48. The Morgan fingerprint density at radius 2 is 2.05 bits per heavy atom. The van der Waals surface area contributed by atoms with Gasteiger partial charge in [-0.05, 0) is 32.0 Å². The molecule has 0 fully saturated rings. The van der Waals surface area contributed by atoms with Crippen LogP contribution >= 0.6 is 0 Å². The van der Waals surface area contributed by atoms with Gasteiger partial charge in [0.15, 0.2) is 0 Å². The van der Waals surface area contributed by atoms with Crippen molar-refractivity contribution in [2.75, 3.05) is 12.3 Å². The monoisotopic (exact) mass is 289 g/mol. The Bertz CT molecular complexity index is 554. The zero-order valence-electron chi connectivity index (χ0n) is 10.6. The van der Waals surface area contributed by atoms with Crippen LogP contribution < -0.4 is 15.8 Å². The normalized spacial score (nSPS) is 13.0. The van der Waals surface area contributed by atoms with Gasteiger partial charge in [0.25, 0.3) is 0 Å². The molecule has 8 heteroatoms. The second-order valence-electron chi connectivity index (χ2n) is 3.96. The highest BCUT2D eigenvalue weighted by Crippen LogP contribution is 2.16. The number of likely N-dealkylation sites (N-methyl/N-ethyl adjacent to an activating group) is 1. The number of benzene rings is 1. The van der Waals surface area contributed by atoms with Gasteiger partial charge in [-0.25, -0.2) is 12.8 Å². The van der Waals surface area contributed by atoms with Gasteiger partial charge in [-0.15, -0.1) is 0 Å². The molecule has 0 aliphatic heterocycles. The first-order chi connectivity index (χ1) is 8.76. The minimum absolute atomic E-state index is 0.00830. The zero-order chi connectivity index (χ0) is 14.6. The molecule has 1 amide bonds. The van der Waals surface area contributed by atoms with E-state index in [1.807, 2.05) is 0 Å². The summed E-state index contributed by atoms with van der Waals surface area (Å²) in [5.74, 6) is -1.22. The van der Waals surface area contributed by atoms with Crippen molar-refractivity contribution in [1.82, 2.24) is 10.0 Å². The maximum atomic E-state index is 13.1. The molecular weight excluding hydrogens is 273 g/mol. The fraction of sp³-hybridized carbons (Fsp3) is 0.364. The Labute approximate surface area is 111 Å². The van der Waals surface area contributed by atoms with Crippen LogP contribution in [0, 0.1) is 5.82 Å². The van der Waals surface area contributed by atoms with E-state index in [1.165, 1.54) is 6.92 Å². The third kappa shape index (κ3) is 4.18. The number of hydrogen-bond donors (Lipinski definition) is 3. The molecule has 0 spiro atoms. The number of anilines is 1. The average molecular weight is 289 g/mol. The molecule has 0 aliphatic rings. The minimum Gasteiger partial charge on any atom is -0.399 e. The van der Waals surface area contributed by atoms with Gasteiger partial charge < -0.3 is 11.1 Å². The van der Waals surface area contributed by atoms with Gasteiger partial charge in [-0.1, -0.05) is 0 Å². The van der Waals surface area contributed by atoms with Gasteiger partial charge in [0, 0.05) is 12.2 Å². The molecule has 0 bridgehead atoms. The molecule has 0 saturated carbocycles. The van der Waals surface area contributed by atoms with Crippen molar-refractivity contribution in [3.63, 3.8) is 0 Å². The predicted molar refractivity (Wildman–Crippen MR) is 69.3 cm³/mol. The Kier molecular flexibility index (Phi) is 4.84. The Morgan fingerprint density at radius 3 is 2.58 bits per heavy atom. The van der Waals surface area contributed by atoms with E-state index in [4.69, 9.17) is 5.73 Å². The molecule has 1 unspecified atom stereocenters. The van der Waals surface area contributed by atoms with Crippen molar-refractivity contribution in [2.24, 2.45) is 0 Å². The summed E-state index contributed by atoms with van der Waals surface area (Å²) in [6, 6.07) is 2.00. The van der Waals surface area contributed by atoms with Gasteiger partial charge in [-0.2, -0.15) is 4.72 Å². The van der Waals surface area contributed by atoms with Crippen molar-refractivity contribution in [3.05, 3.63) is 24.0 Å². The van der Waals surface area contributed by atoms with Gasteiger partial charge in [0.2, 0.25) is 15.9 Å². The number of rotatable bonds is 5. The van der Waals surface area contributed by atoms with E-state index < -0.39 is 27.8 Å². The van der Waals surface area contributed by atoms with Crippen LogP contribution in [0.1, 0.15) is 13.8 Å². The Hall–Kier alpha value is -1.67. The molecule has 0 heterocycles. The highest BCUT2D eigenvalue weighted by atomic mass is 32.2. The maximum Gasteiger partial charge on any atom is 0.241 e. The molecule has 1 rings (SSSR count). The number of amides is 1. The van der Waals surface area contributed by atoms with Crippen molar-refractivity contribution >= 4 is 21.6 Å². The van der Waals surface area contributed by atoms with E-state index in [9.17, 15) is 17.6 Å². The summed E-state index contributed by atoms with van der Waals surface area (Å²) in [6.07, 6.45) is 0. The standard InChI is InChI=1S/C11H16FN3O3S/c1-3-14-11(16)7(2)15-19(17,18)10-5-8(12)4-9(13)6-10/h4-7,15H,3,13H2,1-2H3,(H,14,16). The van der Waals surface area contributed by atoms with Crippen molar-refractivity contribution in [1.29, 1.82) is 0 Å². The highest BCUT2D eigenvalue weighted by molar-refractivity contribution is 7.89. The Morgan fingerprint density at radius 1 is 1.42 bits per heavy atom. The first kappa shape index (κ1) is 15.4. The summed E-state index contributed by atoms with van der Waals surface area (Å²) in [7, 11) is -4.00. The first-order valence-electron chi connectivity index (χ1n) is 5.62. The van der Waals surface area contributed by atoms with Crippen LogP contribution in [0.2, 0.25) is 0 Å². The van der Waals surface area contributed by atoms with Crippen LogP contribution in [0.15, 0.2) is 23.1 Å². The van der Waals surface area contributed by atoms with E-state index in [2.05, 4.69) is 10.0 Å². The van der Waals surface area contributed by atoms with Crippen molar-refractivity contribution in [3.8, 4) is 0 Å². The lowest BCUT2D eigenvalue weighted by atomic mass is 10.3. The lowest BCUT2D eigenvalue weighted by molar-refractivity contribution is -0.122. The summed E-state index contributed by atoms with van der Waals surface area (Å²) >= 11 is 0. The lowest BCUT2D eigenvalue weighted by Gasteiger charge is -2.14. The number of halogens is 1. The second-order valence-corrected chi connectivity index (χ2v) is 5.67. The number of sulfonamides is 1. The predicted octanol–water partition coefficient (Wildman–Crippen LogP) is 0.211. The van der Waals surface area contributed by atoms with Crippen LogP contribution in [0.4, 0.5) is 10.1 Å². The van der Waals surface area contributed by atoms with E-state index in [-0.39, 0.29) is 10.6 Å². The zero-order valence-corrected chi connectivity index (χ0v) is 11.4. The van der Waals surface area contributed by atoms with Crippen molar-refractivity contribution in [2.45, 2.75) is 24.8 Å². The Balaban J connectivity index is 2.95. The summed E-state index contributed by atoms with van der Waals surface area (Å²) in [4.78, 5) is 11.1. The molecule has 19 heavy (non-hydrogen) atoms.